The van der Waals surface area contributed by atoms with Gasteiger partial charge in [-0.3, -0.25) is 0 Å². The fraction of sp³-hybridized carbons (Fsp3) is 0. The predicted molar refractivity (Wildman–Crippen MR) is 47.3 cm³/mol. The van der Waals surface area contributed by atoms with Crippen LogP contribution < -0.4 is 0 Å². The Morgan fingerprint density at radius 1 is 0.812 bits per heavy atom. The van der Waals surface area contributed by atoms with Gasteiger partial charge >= 0.3 is 17.9 Å². The number of carbonyl (C=O) groups is 3. The van der Waals surface area contributed by atoms with E-state index in [0.29, 0.717) is 0 Å². The second kappa shape index (κ2) is 5.43. The van der Waals surface area contributed by atoms with E-state index in [4.69, 9.17) is 15.3 Å². The minimum absolute atomic E-state index is 0. The van der Waals surface area contributed by atoms with Crippen LogP contribution in [0.2, 0.25) is 0 Å². The average Bonchev–Trinajstić information content (AvgIpc) is 2.16. The summed E-state index contributed by atoms with van der Waals surface area (Å²) in [5.41, 5.74) is -1.24. The minimum atomic E-state index is -1.48. The summed E-state index contributed by atoms with van der Waals surface area (Å²) in [6.07, 6.45) is 0. The first-order valence-electron chi connectivity index (χ1n) is 3.77. The zero-order valence-electron chi connectivity index (χ0n) is 7.80. The van der Waals surface area contributed by atoms with Gasteiger partial charge in [0.1, 0.15) is 0 Å². The molecule has 82 valence electrons. The van der Waals surface area contributed by atoms with Crippen molar-refractivity contribution in [3.63, 3.8) is 0 Å². The molecule has 16 heavy (non-hydrogen) atoms. The van der Waals surface area contributed by atoms with Crippen molar-refractivity contribution in [3.8, 4) is 0 Å². The van der Waals surface area contributed by atoms with Crippen LogP contribution in [0.1, 0.15) is 31.1 Å². The maximum atomic E-state index is 10.6. The molecule has 0 aliphatic carbocycles. The van der Waals surface area contributed by atoms with Crippen molar-refractivity contribution in [2.24, 2.45) is 0 Å². The largest absolute Gasteiger partial charge is 0.478 e. The van der Waals surface area contributed by atoms with Gasteiger partial charge in [-0.1, -0.05) is 0 Å². The zero-order valence-corrected chi connectivity index (χ0v) is 9.36. The van der Waals surface area contributed by atoms with Gasteiger partial charge < -0.3 is 15.3 Å². The van der Waals surface area contributed by atoms with Crippen LogP contribution in [-0.2, 0) is 21.7 Å². The first kappa shape index (κ1) is 14.3. The van der Waals surface area contributed by atoms with Gasteiger partial charge in [0.25, 0.3) is 0 Å². The Labute approximate surface area is 104 Å². The molecule has 1 aromatic rings. The van der Waals surface area contributed by atoms with Crippen molar-refractivity contribution in [2.45, 2.75) is 0 Å². The molecule has 0 fully saturated rings. The average molecular weight is 258 g/mol. The maximum Gasteiger partial charge on any atom is 0.336 e. The Bertz CT molecular complexity index is 453. The molecule has 0 heterocycles. The van der Waals surface area contributed by atoms with Crippen molar-refractivity contribution < 1.29 is 51.4 Å². The molecule has 0 amide bonds. The van der Waals surface area contributed by atoms with Crippen LogP contribution in [0, 0.1) is 0 Å². The molecule has 0 aliphatic heterocycles. The van der Waals surface area contributed by atoms with E-state index < -0.39 is 29.0 Å². The quantitative estimate of drug-likeness (QED) is 0.690. The van der Waals surface area contributed by atoms with Crippen molar-refractivity contribution >= 4 is 17.9 Å². The smallest absolute Gasteiger partial charge is 0.336 e. The third-order valence-corrected chi connectivity index (χ3v) is 1.73. The summed E-state index contributed by atoms with van der Waals surface area (Å²) in [4.78, 5) is 31.8. The number of carboxylic acids is 3. The van der Waals surface area contributed by atoms with E-state index in [9.17, 15) is 14.4 Å². The molecule has 1 rings (SSSR count). The van der Waals surface area contributed by atoms with E-state index in [-0.39, 0.29) is 27.3 Å². The molecule has 6 nitrogen and oxygen atoms in total. The van der Waals surface area contributed by atoms with E-state index in [1.807, 2.05) is 0 Å². The number of rotatable bonds is 3. The number of hydrogen-bond donors (Lipinski definition) is 3. The number of aromatic carboxylic acids is 3. The molecule has 0 unspecified atom stereocenters. The maximum absolute atomic E-state index is 10.6. The molecule has 7 heteroatoms. The molecule has 0 atom stereocenters. The van der Waals surface area contributed by atoms with Gasteiger partial charge in [-0.25, -0.2) is 14.4 Å². The molecular formula is C9H6O6Ti. The van der Waals surface area contributed by atoms with E-state index >= 15 is 0 Å². The number of hydrogen-bond acceptors (Lipinski definition) is 3. The Morgan fingerprint density at radius 2 is 1.31 bits per heavy atom. The van der Waals surface area contributed by atoms with E-state index in [1.54, 1.807) is 0 Å². The van der Waals surface area contributed by atoms with E-state index in [1.165, 1.54) is 0 Å². The topological polar surface area (TPSA) is 112 Å². The molecule has 0 saturated heterocycles. The van der Waals surface area contributed by atoms with Gasteiger partial charge in [0, 0.05) is 21.7 Å². The van der Waals surface area contributed by atoms with Gasteiger partial charge in [0.05, 0.1) is 16.7 Å². The molecule has 0 aliphatic rings. The van der Waals surface area contributed by atoms with Crippen LogP contribution in [0.4, 0.5) is 0 Å². The molecule has 0 aromatic heterocycles. The van der Waals surface area contributed by atoms with Crippen molar-refractivity contribution in [2.75, 3.05) is 0 Å². The van der Waals surface area contributed by atoms with Gasteiger partial charge in [-0.05, 0) is 18.2 Å². The summed E-state index contributed by atoms with van der Waals surface area (Å²) in [6, 6.07) is 2.81. The zero-order chi connectivity index (χ0) is 11.6. The molecule has 1 aromatic carbocycles. The molecule has 3 N–H and O–H groups in total. The summed E-state index contributed by atoms with van der Waals surface area (Å²) in [5, 5.41) is 25.9. The molecule has 0 bridgehead atoms. The van der Waals surface area contributed by atoms with Gasteiger partial charge in [-0.2, -0.15) is 0 Å². The second-order valence-electron chi connectivity index (χ2n) is 2.68. The Balaban J connectivity index is 0.00000225. The first-order chi connectivity index (χ1) is 6.93. The van der Waals surface area contributed by atoms with Crippen molar-refractivity contribution in [3.05, 3.63) is 34.9 Å². The molecular weight excluding hydrogens is 252 g/mol. The van der Waals surface area contributed by atoms with Crippen LogP contribution in [0.15, 0.2) is 18.2 Å². The van der Waals surface area contributed by atoms with Gasteiger partial charge in [0.2, 0.25) is 0 Å². The summed E-state index contributed by atoms with van der Waals surface area (Å²) in [6.45, 7) is 0. The predicted octanol–water partition coefficient (Wildman–Crippen LogP) is 0.779. The summed E-state index contributed by atoms with van der Waals surface area (Å²) in [5.74, 6) is -4.20. The Morgan fingerprint density at radius 3 is 1.69 bits per heavy atom. The summed E-state index contributed by atoms with van der Waals surface area (Å²) >= 11 is 0. The van der Waals surface area contributed by atoms with Crippen LogP contribution in [-0.4, -0.2) is 33.2 Å². The fourth-order valence-corrected chi connectivity index (χ4v) is 1.04. The summed E-state index contributed by atoms with van der Waals surface area (Å²) < 4.78 is 0. The molecule has 0 spiro atoms. The van der Waals surface area contributed by atoms with Crippen molar-refractivity contribution in [1.82, 2.24) is 0 Å². The van der Waals surface area contributed by atoms with Crippen LogP contribution >= 0.6 is 0 Å². The normalized spacial score (nSPS) is 9.00. The van der Waals surface area contributed by atoms with Crippen LogP contribution in [0.3, 0.4) is 0 Å². The minimum Gasteiger partial charge on any atom is -0.478 e. The van der Waals surface area contributed by atoms with E-state index in [0.717, 1.165) is 18.2 Å². The van der Waals surface area contributed by atoms with Crippen molar-refractivity contribution in [1.29, 1.82) is 0 Å². The Hall–Kier alpha value is -1.66. The van der Waals surface area contributed by atoms with Gasteiger partial charge in [0.15, 0.2) is 0 Å². The standard InChI is InChI=1S/C9H6O6.Ti/c10-7(11)4-1-2-5(8(12)13)6(3-4)9(14)15;/h1-3H,(H,10,11)(H,12,13)(H,14,15);. The van der Waals surface area contributed by atoms with Gasteiger partial charge in [-0.15, -0.1) is 0 Å². The number of benzene rings is 1. The number of carboxylic acid groups (broad SMARTS) is 3. The third kappa shape index (κ3) is 2.92. The molecule has 0 radical (unpaired) electrons. The Kier molecular flexibility index (Phi) is 4.87. The van der Waals surface area contributed by atoms with E-state index in [2.05, 4.69) is 0 Å². The SMILES string of the molecule is O=C(O)c1ccc(C(=O)O)c(C(=O)O)c1.[Ti]. The first-order valence-corrected chi connectivity index (χ1v) is 3.77. The second-order valence-corrected chi connectivity index (χ2v) is 2.68. The van der Waals surface area contributed by atoms with Crippen LogP contribution in [0.25, 0.3) is 0 Å². The monoisotopic (exact) mass is 258 g/mol. The fourth-order valence-electron chi connectivity index (χ4n) is 1.04. The molecule has 0 saturated carbocycles. The summed E-state index contributed by atoms with van der Waals surface area (Å²) in [7, 11) is 0. The third-order valence-electron chi connectivity index (χ3n) is 1.73. The van der Waals surface area contributed by atoms with Crippen LogP contribution in [0.5, 0.6) is 0 Å².